The molecule has 7 nitrogen and oxygen atoms in total. The van der Waals surface area contributed by atoms with Gasteiger partial charge in [-0.05, 0) is 29.8 Å². The SMILES string of the molecule is c1ccc(COc2ccc(Cc3noc([C@H]4CNCCO4)n3)cc2)nc1. The molecule has 1 N–H and O–H groups in total. The first-order valence-corrected chi connectivity index (χ1v) is 8.63. The van der Waals surface area contributed by atoms with Crippen molar-refractivity contribution in [1.82, 2.24) is 20.4 Å². The highest BCUT2D eigenvalue weighted by Gasteiger charge is 2.22. The molecule has 0 amide bonds. The zero-order valence-corrected chi connectivity index (χ0v) is 14.3. The highest BCUT2D eigenvalue weighted by Crippen LogP contribution is 2.19. The van der Waals surface area contributed by atoms with E-state index >= 15 is 0 Å². The first-order valence-electron chi connectivity index (χ1n) is 8.63. The van der Waals surface area contributed by atoms with E-state index in [0.29, 0.717) is 37.9 Å². The Labute approximate surface area is 151 Å². The molecule has 0 radical (unpaired) electrons. The van der Waals surface area contributed by atoms with E-state index in [4.69, 9.17) is 14.0 Å². The Hall–Kier alpha value is -2.77. The summed E-state index contributed by atoms with van der Waals surface area (Å²) in [6, 6.07) is 13.7. The Kier molecular flexibility index (Phi) is 5.18. The number of ether oxygens (including phenoxy) is 2. The van der Waals surface area contributed by atoms with Gasteiger partial charge in [-0.25, -0.2) is 0 Å². The summed E-state index contributed by atoms with van der Waals surface area (Å²) < 4.78 is 16.7. The van der Waals surface area contributed by atoms with Crippen molar-refractivity contribution in [2.45, 2.75) is 19.1 Å². The van der Waals surface area contributed by atoms with E-state index in [1.807, 2.05) is 42.5 Å². The molecule has 0 bridgehead atoms. The summed E-state index contributed by atoms with van der Waals surface area (Å²) in [5.41, 5.74) is 1.99. The van der Waals surface area contributed by atoms with Gasteiger partial charge in [0.2, 0.25) is 0 Å². The predicted octanol–water partition coefficient (Wildman–Crippen LogP) is 2.30. The highest BCUT2D eigenvalue weighted by atomic mass is 16.5. The van der Waals surface area contributed by atoms with E-state index in [1.165, 1.54) is 0 Å². The van der Waals surface area contributed by atoms with Gasteiger partial charge in [0.15, 0.2) is 5.82 Å². The number of nitrogens with one attached hydrogen (secondary N) is 1. The van der Waals surface area contributed by atoms with E-state index in [9.17, 15) is 0 Å². The van der Waals surface area contributed by atoms with Gasteiger partial charge in [0.05, 0.1) is 12.3 Å². The van der Waals surface area contributed by atoms with Crippen LogP contribution in [0.5, 0.6) is 5.75 Å². The van der Waals surface area contributed by atoms with Gasteiger partial charge in [-0.2, -0.15) is 4.98 Å². The average Bonchev–Trinajstić information content (AvgIpc) is 3.17. The van der Waals surface area contributed by atoms with Gasteiger partial charge in [-0.15, -0.1) is 0 Å². The third-order valence-electron chi connectivity index (χ3n) is 4.09. The molecule has 0 saturated carbocycles. The molecule has 1 aliphatic rings. The second-order valence-corrected chi connectivity index (χ2v) is 6.04. The molecule has 7 heteroatoms. The number of rotatable bonds is 6. The molecular weight excluding hydrogens is 332 g/mol. The fourth-order valence-corrected chi connectivity index (χ4v) is 2.72. The Morgan fingerprint density at radius 1 is 1.15 bits per heavy atom. The van der Waals surface area contributed by atoms with Crippen molar-refractivity contribution in [2.24, 2.45) is 0 Å². The predicted molar refractivity (Wildman–Crippen MR) is 93.7 cm³/mol. The number of hydrogen-bond acceptors (Lipinski definition) is 7. The normalized spacial score (nSPS) is 17.2. The van der Waals surface area contributed by atoms with Crippen molar-refractivity contribution < 1.29 is 14.0 Å². The lowest BCUT2D eigenvalue weighted by molar-refractivity contribution is 0.00755. The molecule has 0 aliphatic carbocycles. The monoisotopic (exact) mass is 352 g/mol. The number of hydrogen-bond donors (Lipinski definition) is 1. The number of nitrogens with zero attached hydrogens (tertiary/aromatic N) is 3. The lowest BCUT2D eigenvalue weighted by Gasteiger charge is -2.19. The Balaban J connectivity index is 1.33. The van der Waals surface area contributed by atoms with Crippen LogP contribution in [-0.4, -0.2) is 34.8 Å². The molecule has 1 saturated heterocycles. The molecular formula is C19H20N4O3. The fraction of sp³-hybridized carbons (Fsp3) is 0.316. The maximum Gasteiger partial charge on any atom is 0.257 e. The topological polar surface area (TPSA) is 82.3 Å². The molecule has 26 heavy (non-hydrogen) atoms. The number of pyridine rings is 1. The maximum absolute atomic E-state index is 5.74. The molecule has 2 aromatic heterocycles. The van der Waals surface area contributed by atoms with Crippen LogP contribution in [-0.2, 0) is 17.8 Å². The van der Waals surface area contributed by atoms with Crippen molar-refractivity contribution in [3.05, 3.63) is 71.6 Å². The second kappa shape index (κ2) is 8.07. The number of benzene rings is 1. The van der Waals surface area contributed by atoms with Crippen LogP contribution in [0.4, 0.5) is 0 Å². The van der Waals surface area contributed by atoms with E-state index in [0.717, 1.165) is 23.6 Å². The van der Waals surface area contributed by atoms with Crippen LogP contribution >= 0.6 is 0 Å². The number of morpholine rings is 1. The summed E-state index contributed by atoms with van der Waals surface area (Å²) >= 11 is 0. The summed E-state index contributed by atoms with van der Waals surface area (Å²) in [7, 11) is 0. The van der Waals surface area contributed by atoms with Crippen LogP contribution < -0.4 is 10.1 Å². The van der Waals surface area contributed by atoms with Gasteiger partial charge in [-0.3, -0.25) is 4.98 Å². The van der Waals surface area contributed by atoms with Gasteiger partial charge in [0.1, 0.15) is 18.5 Å². The largest absolute Gasteiger partial charge is 0.487 e. The standard InChI is InChI=1S/C19H20N4O3/c1-2-8-21-15(3-1)13-25-16-6-4-14(5-7-16)11-18-22-19(26-23-18)17-12-20-9-10-24-17/h1-8,17,20H,9-13H2/t17-/m1/s1. The molecule has 3 heterocycles. The highest BCUT2D eigenvalue weighted by molar-refractivity contribution is 5.29. The average molecular weight is 352 g/mol. The second-order valence-electron chi connectivity index (χ2n) is 6.04. The van der Waals surface area contributed by atoms with Gasteiger partial charge in [0.25, 0.3) is 5.89 Å². The third kappa shape index (κ3) is 4.25. The van der Waals surface area contributed by atoms with Gasteiger partial charge >= 0.3 is 0 Å². The molecule has 1 aromatic carbocycles. The number of aromatic nitrogens is 3. The first-order chi connectivity index (χ1) is 12.9. The van der Waals surface area contributed by atoms with Crippen molar-refractivity contribution in [2.75, 3.05) is 19.7 Å². The molecule has 1 fully saturated rings. The smallest absolute Gasteiger partial charge is 0.257 e. The summed E-state index contributed by atoms with van der Waals surface area (Å²) in [6.45, 7) is 2.66. The van der Waals surface area contributed by atoms with Gasteiger partial charge in [0, 0.05) is 25.7 Å². The fourth-order valence-electron chi connectivity index (χ4n) is 2.72. The summed E-state index contributed by atoms with van der Waals surface area (Å²) in [6.07, 6.45) is 2.20. The molecule has 0 unspecified atom stereocenters. The first kappa shape index (κ1) is 16.7. The lowest BCUT2D eigenvalue weighted by atomic mass is 10.1. The Bertz CT molecular complexity index is 814. The minimum absolute atomic E-state index is 0.160. The van der Waals surface area contributed by atoms with E-state index in [-0.39, 0.29) is 6.10 Å². The van der Waals surface area contributed by atoms with Crippen molar-refractivity contribution in [3.8, 4) is 5.75 Å². The van der Waals surface area contributed by atoms with Gasteiger partial charge in [-0.1, -0.05) is 23.4 Å². The van der Waals surface area contributed by atoms with Crippen molar-refractivity contribution in [3.63, 3.8) is 0 Å². The summed E-state index contributed by atoms with van der Waals surface area (Å²) in [5.74, 6) is 1.98. The molecule has 134 valence electrons. The molecule has 1 aliphatic heterocycles. The quantitative estimate of drug-likeness (QED) is 0.729. The third-order valence-corrected chi connectivity index (χ3v) is 4.09. The van der Waals surface area contributed by atoms with Crippen LogP contribution in [0.2, 0.25) is 0 Å². The molecule has 1 atom stereocenters. The zero-order chi connectivity index (χ0) is 17.6. The van der Waals surface area contributed by atoms with E-state index < -0.39 is 0 Å². The Morgan fingerprint density at radius 3 is 2.85 bits per heavy atom. The van der Waals surface area contributed by atoms with Crippen LogP contribution in [0.1, 0.15) is 29.1 Å². The van der Waals surface area contributed by atoms with Crippen LogP contribution in [0.25, 0.3) is 0 Å². The zero-order valence-electron chi connectivity index (χ0n) is 14.3. The minimum atomic E-state index is -0.160. The van der Waals surface area contributed by atoms with E-state index in [1.54, 1.807) is 6.20 Å². The van der Waals surface area contributed by atoms with Crippen LogP contribution in [0.3, 0.4) is 0 Å². The van der Waals surface area contributed by atoms with Crippen molar-refractivity contribution >= 4 is 0 Å². The molecule has 3 aromatic rings. The Morgan fingerprint density at radius 2 is 2.08 bits per heavy atom. The van der Waals surface area contributed by atoms with Crippen molar-refractivity contribution in [1.29, 1.82) is 0 Å². The van der Waals surface area contributed by atoms with Gasteiger partial charge < -0.3 is 19.3 Å². The minimum Gasteiger partial charge on any atom is -0.487 e. The molecule has 0 spiro atoms. The maximum atomic E-state index is 5.74. The van der Waals surface area contributed by atoms with Crippen LogP contribution in [0, 0.1) is 0 Å². The summed E-state index contributed by atoms with van der Waals surface area (Å²) in [4.78, 5) is 8.69. The lowest BCUT2D eigenvalue weighted by Crippen LogP contribution is -2.33. The van der Waals surface area contributed by atoms with E-state index in [2.05, 4.69) is 20.4 Å². The molecule has 4 rings (SSSR count). The van der Waals surface area contributed by atoms with Crippen LogP contribution in [0.15, 0.2) is 53.2 Å². The summed E-state index contributed by atoms with van der Waals surface area (Å²) in [5, 5.41) is 7.30.